The number of amides is 2. The molecule has 0 aromatic heterocycles. The molecular weight excluding hydrogens is 224 g/mol. The predicted molar refractivity (Wildman–Crippen MR) is 64.7 cm³/mol. The quantitative estimate of drug-likeness (QED) is 0.757. The van der Waals surface area contributed by atoms with Crippen molar-refractivity contribution in [2.45, 2.75) is 4.90 Å². The topological polar surface area (TPSA) is 32.8 Å². The Bertz CT molecular complexity index is 380. The Hall–Kier alpha value is -1.20. The second-order valence-electron chi connectivity index (χ2n) is 3.42. The van der Waals surface area contributed by atoms with E-state index in [-0.39, 0.29) is 6.03 Å². The summed E-state index contributed by atoms with van der Waals surface area (Å²) in [5.41, 5.74) is 0.919. The standard InChI is InChI=1S/C11H14N2O2S/c1-15-13-8-7-12(11(13)14)9-3-5-10(16-2)6-4-9/h3-6H,7-8H2,1-2H3. The molecule has 2 rings (SSSR count). The molecular formula is C11H14N2O2S. The Balaban J connectivity index is 2.16. The van der Waals surface area contributed by atoms with Crippen LogP contribution in [0.3, 0.4) is 0 Å². The lowest BCUT2D eigenvalue weighted by atomic mass is 10.3. The Labute approximate surface area is 99.1 Å². The van der Waals surface area contributed by atoms with Gasteiger partial charge in [-0.15, -0.1) is 11.8 Å². The maximum absolute atomic E-state index is 11.8. The zero-order valence-electron chi connectivity index (χ0n) is 9.34. The van der Waals surface area contributed by atoms with E-state index in [2.05, 4.69) is 0 Å². The van der Waals surface area contributed by atoms with Crippen molar-refractivity contribution in [3.63, 3.8) is 0 Å². The number of rotatable bonds is 3. The van der Waals surface area contributed by atoms with Gasteiger partial charge in [-0.1, -0.05) is 0 Å². The van der Waals surface area contributed by atoms with Crippen LogP contribution >= 0.6 is 11.8 Å². The Morgan fingerprint density at radius 1 is 1.25 bits per heavy atom. The highest BCUT2D eigenvalue weighted by molar-refractivity contribution is 7.98. The maximum Gasteiger partial charge on any atom is 0.348 e. The molecule has 1 aliphatic rings. The SMILES string of the molecule is CON1CCN(c2ccc(SC)cc2)C1=O. The van der Waals surface area contributed by atoms with E-state index in [1.54, 1.807) is 16.7 Å². The molecule has 16 heavy (non-hydrogen) atoms. The molecule has 0 saturated carbocycles. The molecule has 1 saturated heterocycles. The highest BCUT2D eigenvalue weighted by Crippen LogP contribution is 2.23. The first-order chi connectivity index (χ1) is 7.76. The van der Waals surface area contributed by atoms with Crippen molar-refractivity contribution in [1.29, 1.82) is 0 Å². The maximum atomic E-state index is 11.8. The van der Waals surface area contributed by atoms with Gasteiger partial charge in [-0.2, -0.15) is 0 Å². The zero-order chi connectivity index (χ0) is 11.5. The van der Waals surface area contributed by atoms with Gasteiger partial charge >= 0.3 is 6.03 Å². The largest absolute Gasteiger partial charge is 0.348 e. The third-order valence-corrected chi connectivity index (χ3v) is 3.32. The minimum Gasteiger partial charge on any atom is -0.291 e. The van der Waals surface area contributed by atoms with Crippen LogP contribution in [0.15, 0.2) is 29.2 Å². The van der Waals surface area contributed by atoms with Gasteiger partial charge in [0.05, 0.1) is 13.7 Å². The second-order valence-corrected chi connectivity index (χ2v) is 4.30. The lowest BCUT2D eigenvalue weighted by molar-refractivity contribution is -0.0698. The number of carbonyl (C=O) groups excluding carboxylic acids is 1. The van der Waals surface area contributed by atoms with Gasteiger partial charge in [-0.3, -0.25) is 9.74 Å². The third kappa shape index (κ3) is 2.01. The smallest absolute Gasteiger partial charge is 0.291 e. The minimum atomic E-state index is -0.0978. The van der Waals surface area contributed by atoms with Gasteiger partial charge < -0.3 is 0 Å². The molecule has 4 nitrogen and oxygen atoms in total. The highest BCUT2D eigenvalue weighted by Gasteiger charge is 2.29. The molecule has 0 spiro atoms. The van der Waals surface area contributed by atoms with Crippen LogP contribution in [-0.4, -0.2) is 37.5 Å². The van der Waals surface area contributed by atoms with E-state index in [1.165, 1.54) is 17.1 Å². The molecule has 1 aliphatic heterocycles. The summed E-state index contributed by atoms with van der Waals surface area (Å²) in [6.45, 7) is 1.28. The fraction of sp³-hybridized carbons (Fsp3) is 0.364. The highest BCUT2D eigenvalue weighted by atomic mass is 32.2. The number of hydrogen-bond acceptors (Lipinski definition) is 3. The summed E-state index contributed by atoms with van der Waals surface area (Å²) < 4.78 is 0. The van der Waals surface area contributed by atoms with Crippen LogP contribution in [0.2, 0.25) is 0 Å². The number of anilines is 1. The molecule has 0 atom stereocenters. The summed E-state index contributed by atoms with van der Waals surface area (Å²) in [5.74, 6) is 0. The zero-order valence-corrected chi connectivity index (χ0v) is 10.2. The first-order valence-electron chi connectivity index (χ1n) is 5.03. The number of urea groups is 1. The van der Waals surface area contributed by atoms with Gasteiger partial charge in [-0.05, 0) is 30.5 Å². The number of hydrogen-bond donors (Lipinski definition) is 0. The van der Waals surface area contributed by atoms with Crippen molar-refractivity contribution in [3.05, 3.63) is 24.3 Å². The molecule has 1 aromatic carbocycles. The van der Waals surface area contributed by atoms with Crippen molar-refractivity contribution >= 4 is 23.5 Å². The molecule has 1 heterocycles. The van der Waals surface area contributed by atoms with Crippen molar-refractivity contribution in [2.75, 3.05) is 31.4 Å². The Kier molecular flexibility index (Phi) is 3.36. The lowest BCUT2D eigenvalue weighted by Gasteiger charge is -2.16. The first kappa shape index (κ1) is 11.3. The summed E-state index contributed by atoms with van der Waals surface area (Å²) in [7, 11) is 1.51. The van der Waals surface area contributed by atoms with Gasteiger partial charge in [0.1, 0.15) is 0 Å². The van der Waals surface area contributed by atoms with Crippen LogP contribution in [0, 0.1) is 0 Å². The summed E-state index contributed by atoms with van der Waals surface area (Å²) in [5, 5.41) is 1.36. The minimum absolute atomic E-state index is 0.0978. The van der Waals surface area contributed by atoms with Gasteiger partial charge in [-0.25, -0.2) is 9.86 Å². The third-order valence-electron chi connectivity index (χ3n) is 2.58. The van der Waals surface area contributed by atoms with E-state index in [1.807, 2.05) is 30.5 Å². The molecule has 0 bridgehead atoms. The first-order valence-corrected chi connectivity index (χ1v) is 6.26. The predicted octanol–water partition coefficient (Wildman–Crippen LogP) is 2.21. The summed E-state index contributed by atoms with van der Waals surface area (Å²) in [6, 6.07) is 7.86. The fourth-order valence-electron chi connectivity index (χ4n) is 1.69. The van der Waals surface area contributed by atoms with Crippen LogP contribution in [0.25, 0.3) is 0 Å². The molecule has 0 N–H and O–H groups in total. The van der Waals surface area contributed by atoms with Crippen LogP contribution in [-0.2, 0) is 4.84 Å². The van der Waals surface area contributed by atoms with Gasteiger partial charge in [0.25, 0.3) is 0 Å². The van der Waals surface area contributed by atoms with Crippen molar-refractivity contribution in [3.8, 4) is 0 Å². The van der Waals surface area contributed by atoms with Crippen LogP contribution in [0.4, 0.5) is 10.5 Å². The van der Waals surface area contributed by atoms with E-state index in [4.69, 9.17) is 4.84 Å². The summed E-state index contributed by atoms with van der Waals surface area (Å²) in [6.07, 6.45) is 2.03. The average Bonchev–Trinajstić information content (AvgIpc) is 2.70. The van der Waals surface area contributed by atoms with Crippen LogP contribution < -0.4 is 4.90 Å². The van der Waals surface area contributed by atoms with Gasteiger partial charge in [0, 0.05) is 17.1 Å². The number of nitrogens with zero attached hydrogens (tertiary/aromatic N) is 2. The monoisotopic (exact) mass is 238 g/mol. The fourth-order valence-corrected chi connectivity index (χ4v) is 2.10. The van der Waals surface area contributed by atoms with E-state index in [0.29, 0.717) is 13.1 Å². The van der Waals surface area contributed by atoms with E-state index < -0.39 is 0 Å². The number of carbonyl (C=O) groups is 1. The molecule has 5 heteroatoms. The Morgan fingerprint density at radius 3 is 2.44 bits per heavy atom. The summed E-state index contributed by atoms with van der Waals surface area (Å²) >= 11 is 1.69. The van der Waals surface area contributed by atoms with Gasteiger partial charge in [0.15, 0.2) is 0 Å². The molecule has 1 aromatic rings. The lowest BCUT2D eigenvalue weighted by Crippen LogP contribution is -2.30. The van der Waals surface area contributed by atoms with Crippen LogP contribution in [0.5, 0.6) is 0 Å². The molecule has 0 aliphatic carbocycles. The normalized spacial score (nSPS) is 16.0. The van der Waals surface area contributed by atoms with E-state index in [0.717, 1.165) is 5.69 Å². The van der Waals surface area contributed by atoms with Crippen molar-refractivity contribution in [2.24, 2.45) is 0 Å². The van der Waals surface area contributed by atoms with E-state index >= 15 is 0 Å². The molecule has 0 radical (unpaired) electrons. The van der Waals surface area contributed by atoms with Crippen molar-refractivity contribution in [1.82, 2.24) is 5.06 Å². The summed E-state index contributed by atoms with van der Waals surface area (Å²) in [4.78, 5) is 19.7. The van der Waals surface area contributed by atoms with E-state index in [9.17, 15) is 4.79 Å². The molecule has 2 amide bonds. The average molecular weight is 238 g/mol. The number of thioether (sulfide) groups is 1. The number of benzene rings is 1. The molecule has 86 valence electrons. The van der Waals surface area contributed by atoms with Crippen molar-refractivity contribution < 1.29 is 9.63 Å². The van der Waals surface area contributed by atoms with Crippen LogP contribution in [0.1, 0.15) is 0 Å². The Morgan fingerprint density at radius 2 is 1.94 bits per heavy atom. The molecule has 1 fully saturated rings. The number of hydroxylamine groups is 2. The second kappa shape index (κ2) is 4.76. The molecule has 0 unspecified atom stereocenters. The van der Waals surface area contributed by atoms with Gasteiger partial charge in [0.2, 0.25) is 0 Å².